The van der Waals surface area contributed by atoms with E-state index in [1.807, 2.05) is 118 Å². The third-order valence-corrected chi connectivity index (χ3v) is 9.18. The minimum absolute atomic E-state index is 0.000787. The number of nitrogens with one attached hydrogen (secondary N) is 3. The monoisotopic (exact) mass is 693 g/mol. The average Bonchev–Trinajstić information content (AvgIpc) is 3.44. The van der Waals surface area contributed by atoms with Crippen LogP contribution >= 0.6 is 0 Å². The summed E-state index contributed by atoms with van der Waals surface area (Å²) in [6.45, 7) is 5.76. The van der Waals surface area contributed by atoms with E-state index in [4.69, 9.17) is 4.74 Å². The van der Waals surface area contributed by atoms with E-state index in [9.17, 15) is 24.6 Å². The van der Waals surface area contributed by atoms with Gasteiger partial charge in [0.05, 0.1) is 24.9 Å². The molecule has 268 valence electrons. The molecule has 1 unspecified atom stereocenters. The number of aliphatic hydroxyl groups is 2. The van der Waals surface area contributed by atoms with E-state index in [0.29, 0.717) is 6.42 Å². The van der Waals surface area contributed by atoms with Gasteiger partial charge in [-0.2, -0.15) is 0 Å². The van der Waals surface area contributed by atoms with Crippen molar-refractivity contribution in [3.05, 3.63) is 126 Å². The highest BCUT2D eigenvalue weighted by Gasteiger charge is 2.41. The van der Waals surface area contributed by atoms with Crippen LogP contribution in [0.25, 0.3) is 11.3 Å². The molecule has 11 heteroatoms. The molecule has 0 radical (unpaired) electrons. The smallest absolute Gasteiger partial charge is 0.407 e. The second kappa shape index (κ2) is 16.3. The number of carbonyl (C=O) groups excluding carboxylic acids is 3. The lowest BCUT2D eigenvalue weighted by Crippen LogP contribution is -2.58. The molecule has 1 aliphatic rings. The lowest BCUT2D eigenvalue weighted by molar-refractivity contribution is -0.143. The molecular weight excluding hydrogens is 646 g/mol. The Bertz CT molecular complexity index is 1780. The molecule has 0 fully saturated rings. The van der Waals surface area contributed by atoms with Crippen LogP contribution < -0.4 is 16.1 Å². The van der Waals surface area contributed by atoms with Crippen LogP contribution in [-0.2, 0) is 33.7 Å². The Morgan fingerprint density at radius 3 is 2.27 bits per heavy atom. The Labute approximate surface area is 299 Å². The van der Waals surface area contributed by atoms with Gasteiger partial charge in [0.25, 0.3) is 11.8 Å². The first kappa shape index (κ1) is 37.2. The summed E-state index contributed by atoms with van der Waals surface area (Å²) >= 11 is 0. The molecule has 3 aromatic carbocycles. The molecule has 1 aliphatic carbocycles. The van der Waals surface area contributed by atoms with Gasteiger partial charge < -0.3 is 25.6 Å². The summed E-state index contributed by atoms with van der Waals surface area (Å²) in [5, 5.41) is 30.3. The number of ether oxygens (including phenoxy) is 1. The van der Waals surface area contributed by atoms with Gasteiger partial charge in [0, 0.05) is 44.1 Å². The fourth-order valence-electron chi connectivity index (χ4n) is 6.34. The van der Waals surface area contributed by atoms with Crippen molar-refractivity contribution in [1.29, 1.82) is 0 Å². The summed E-state index contributed by atoms with van der Waals surface area (Å²) in [6, 6.07) is 28.6. The van der Waals surface area contributed by atoms with Crippen molar-refractivity contribution in [3.63, 3.8) is 0 Å². The number of aliphatic hydroxyl groups excluding tert-OH is 1. The number of pyridine rings is 1. The Morgan fingerprint density at radius 2 is 1.61 bits per heavy atom. The van der Waals surface area contributed by atoms with Crippen LogP contribution in [0.2, 0.25) is 0 Å². The van der Waals surface area contributed by atoms with Crippen LogP contribution in [0.1, 0.15) is 55.5 Å². The number of hydrogen-bond acceptors (Lipinski definition) is 8. The molecule has 1 aromatic heterocycles. The molecular formula is C40H47N5O6. The van der Waals surface area contributed by atoms with Crippen molar-refractivity contribution < 1.29 is 29.3 Å². The first-order valence-corrected chi connectivity index (χ1v) is 17.1. The fourth-order valence-corrected chi connectivity index (χ4v) is 6.34. The number of amides is 3. The number of aromatic nitrogens is 1. The second-order valence-corrected chi connectivity index (χ2v) is 14.1. The summed E-state index contributed by atoms with van der Waals surface area (Å²) in [6.07, 6.45) is 0.466. The van der Waals surface area contributed by atoms with Gasteiger partial charge in [-0.25, -0.2) is 9.80 Å². The van der Waals surface area contributed by atoms with E-state index in [1.54, 1.807) is 11.2 Å². The molecule has 51 heavy (non-hydrogen) atoms. The molecule has 0 aliphatic heterocycles. The minimum Gasteiger partial charge on any atom is -0.453 e. The highest BCUT2D eigenvalue weighted by Crippen LogP contribution is 2.32. The number of carbonyl (C=O) groups is 3. The lowest BCUT2D eigenvalue weighted by Gasteiger charge is -2.35. The normalized spacial score (nSPS) is 17.2. The van der Waals surface area contributed by atoms with Crippen molar-refractivity contribution in [2.75, 3.05) is 13.7 Å². The number of hydrazine groups is 1. The standard InChI is InChI=1S/C40H47N5O6/c1-39(2,3)35(43-38(49)51-4)36(47)44-45(26-28-17-19-29(20-18-28)32-16-10-11-22-41-32)23-21-40(50,25-27-12-6-5-7-13-27)37(48)42-34-31-15-9-8-14-30(31)24-33(34)46/h5-20,22,33-35,46,50H,21,23-26H2,1-4H3,(H,42,48)(H,43,49)(H,44,47)/t33-,34?,35-,40-/m1/s1. The second-order valence-electron chi connectivity index (χ2n) is 14.1. The maximum absolute atomic E-state index is 14.1. The van der Waals surface area contributed by atoms with Gasteiger partial charge in [-0.3, -0.25) is 20.0 Å². The third-order valence-electron chi connectivity index (χ3n) is 9.18. The van der Waals surface area contributed by atoms with E-state index in [1.165, 1.54) is 7.11 Å². The topological polar surface area (TPSA) is 153 Å². The molecule has 3 amide bonds. The number of alkyl carbamates (subject to hydrolysis) is 1. The van der Waals surface area contributed by atoms with Gasteiger partial charge in [-0.1, -0.05) is 106 Å². The molecule has 1 heterocycles. The third kappa shape index (κ3) is 9.57. The summed E-state index contributed by atoms with van der Waals surface area (Å²) in [7, 11) is 1.23. The first-order chi connectivity index (χ1) is 24.4. The zero-order valence-corrected chi connectivity index (χ0v) is 29.5. The van der Waals surface area contributed by atoms with E-state index in [0.717, 1.165) is 33.5 Å². The van der Waals surface area contributed by atoms with Crippen molar-refractivity contribution in [2.45, 2.75) is 70.4 Å². The van der Waals surface area contributed by atoms with Crippen molar-refractivity contribution in [3.8, 4) is 11.3 Å². The molecule has 5 rings (SSSR count). The Hall–Kier alpha value is -5.10. The fraction of sp³-hybridized carbons (Fsp3) is 0.350. The van der Waals surface area contributed by atoms with Crippen LogP contribution in [-0.4, -0.2) is 69.5 Å². The molecule has 0 spiro atoms. The quantitative estimate of drug-likeness (QED) is 0.129. The summed E-state index contributed by atoms with van der Waals surface area (Å²) in [4.78, 5) is 44.5. The van der Waals surface area contributed by atoms with Crippen LogP contribution in [0.15, 0.2) is 103 Å². The zero-order chi connectivity index (χ0) is 36.6. The molecule has 5 N–H and O–H groups in total. The van der Waals surface area contributed by atoms with Gasteiger partial charge in [0.2, 0.25) is 0 Å². The molecule has 0 saturated carbocycles. The van der Waals surface area contributed by atoms with E-state index >= 15 is 0 Å². The predicted molar refractivity (Wildman–Crippen MR) is 194 cm³/mol. The molecule has 4 aromatic rings. The van der Waals surface area contributed by atoms with E-state index in [-0.39, 0.29) is 25.9 Å². The average molecular weight is 694 g/mol. The van der Waals surface area contributed by atoms with Gasteiger partial charge in [-0.05, 0) is 39.8 Å². The minimum atomic E-state index is -1.92. The highest BCUT2D eigenvalue weighted by atomic mass is 16.5. The van der Waals surface area contributed by atoms with Crippen molar-refractivity contribution in [1.82, 2.24) is 26.1 Å². The van der Waals surface area contributed by atoms with Crippen LogP contribution in [0, 0.1) is 5.41 Å². The number of benzene rings is 3. The predicted octanol–water partition coefficient (Wildman–Crippen LogP) is 4.49. The Morgan fingerprint density at radius 1 is 0.922 bits per heavy atom. The Kier molecular flexibility index (Phi) is 11.9. The molecule has 0 bridgehead atoms. The van der Waals surface area contributed by atoms with Crippen LogP contribution in [0.3, 0.4) is 0 Å². The maximum Gasteiger partial charge on any atom is 0.407 e. The van der Waals surface area contributed by atoms with Crippen LogP contribution in [0.4, 0.5) is 4.79 Å². The zero-order valence-electron chi connectivity index (χ0n) is 29.5. The van der Waals surface area contributed by atoms with E-state index < -0.39 is 47.1 Å². The molecule has 0 saturated heterocycles. The summed E-state index contributed by atoms with van der Waals surface area (Å²) in [5.41, 5.74) is 5.45. The first-order valence-electron chi connectivity index (χ1n) is 17.1. The van der Waals surface area contributed by atoms with Crippen molar-refractivity contribution >= 4 is 17.9 Å². The Balaban J connectivity index is 1.41. The lowest BCUT2D eigenvalue weighted by atomic mass is 9.86. The van der Waals surface area contributed by atoms with E-state index in [2.05, 4.69) is 21.0 Å². The number of nitrogens with zero attached hydrogens (tertiary/aromatic N) is 2. The molecule has 11 nitrogen and oxygen atoms in total. The van der Waals surface area contributed by atoms with Gasteiger partial charge in [0.15, 0.2) is 0 Å². The maximum atomic E-state index is 14.1. The van der Waals surface area contributed by atoms with Crippen molar-refractivity contribution in [2.24, 2.45) is 5.41 Å². The summed E-state index contributed by atoms with van der Waals surface area (Å²) in [5.74, 6) is -1.11. The van der Waals surface area contributed by atoms with Gasteiger partial charge >= 0.3 is 6.09 Å². The number of methoxy groups -OCH3 is 1. The largest absolute Gasteiger partial charge is 0.453 e. The number of fused-ring (bicyclic) bond motifs is 1. The highest BCUT2D eigenvalue weighted by molar-refractivity contribution is 5.87. The number of rotatable bonds is 13. The van der Waals surface area contributed by atoms with Crippen LogP contribution in [0.5, 0.6) is 0 Å². The molecule has 4 atom stereocenters. The summed E-state index contributed by atoms with van der Waals surface area (Å²) < 4.78 is 4.79. The number of hydrogen-bond donors (Lipinski definition) is 5. The SMILES string of the molecule is COC(=O)N[C@H](C(=O)NN(CC[C@@](O)(Cc1ccccc1)C(=O)NC1c2ccccc2C[C@H]1O)Cc1ccc(-c2ccccn2)cc1)C(C)(C)C. The van der Waals surface area contributed by atoms with Gasteiger partial charge in [-0.15, -0.1) is 0 Å². The van der Waals surface area contributed by atoms with Gasteiger partial charge in [0.1, 0.15) is 11.6 Å².